The van der Waals surface area contributed by atoms with E-state index < -0.39 is 5.97 Å². The number of carbonyl (C=O) groups is 1. The normalized spacial score (nSPS) is 10.7. The van der Waals surface area contributed by atoms with Crippen molar-refractivity contribution in [1.29, 1.82) is 0 Å². The molecular formula is C19H17ClN2O4. The number of nitrogens with one attached hydrogen (secondary N) is 1. The van der Waals surface area contributed by atoms with Gasteiger partial charge in [0.05, 0.1) is 10.9 Å². The van der Waals surface area contributed by atoms with Gasteiger partial charge >= 0.3 is 5.97 Å². The molecule has 3 rings (SSSR count). The molecule has 2 aromatic carbocycles. The second-order valence-corrected chi connectivity index (χ2v) is 6.25. The number of hydrogen-bond acceptors (Lipinski definition) is 5. The Bertz CT molecular complexity index is 1030. The minimum atomic E-state index is -0.565. The van der Waals surface area contributed by atoms with Crippen LogP contribution >= 0.6 is 11.6 Å². The second-order valence-electron chi connectivity index (χ2n) is 5.84. The summed E-state index contributed by atoms with van der Waals surface area (Å²) < 4.78 is 10.5. The Morgan fingerprint density at radius 1 is 1.19 bits per heavy atom. The van der Waals surface area contributed by atoms with Crippen molar-refractivity contribution < 1.29 is 14.3 Å². The first-order valence-corrected chi connectivity index (χ1v) is 8.35. The van der Waals surface area contributed by atoms with Gasteiger partial charge < -0.3 is 14.5 Å². The topological polar surface area (TPSA) is 81.3 Å². The zero-order valence-corrected chi connectivity index (χ0v) is 15.1. The fourth-order valence-electron chi connectivity index (χ4n) is 2.46. The molecule has 1 N–H and O–H groups in total. The third kappa shape index (κ3) is 4.03. The summed E-state index contributed by atoms with van der Waals surface area (Å²) in [4.78, 5) is 30.9. The van der Waals surface area contributed by atoms with Crippen LogP contribution in [0.1, 0.15) is 17.0 Å². The zero-order chi connectivity index (χ0) is 18.7. The number of halogens is 1. The maximum Gasteiger partial charge on any atom is 0.344 e. The molecule has 0 atom stereocenters. The smallest absolute Gasteiger partial charge is 0.344 e. The van der Waals surface area contributed by atoms with E-state index in [1.165, 1.54) is 0 Å². The number of hydrogen-bond donors (Lipinski definition) is 1. The highest BCUT2D eigenvalue weighted by atomic mass is 35.5. The molecule has 0 aliphatic rings. The SMILES string of the molecule is Cc1cc(OCC(=O)OCc2nc3c(C)cccc3c(=O)[nH]2)ccc1Cl. The number of ether oxygens (including phenoxy) is 2. The molecule has 1 heterocycles. The monoisotopic (exact) mass is 372 g/mol. The molecule has 0 bridgehead atoms. The number of para-hydroxylation sites is 1. The van der Waals surface area contributed by atoms with Crippen LogP contribution in [0.25, 0.3) is 10.9 Å². The predicted molar refractivity (Wildman–Crippen MR) is 98.6 cm³/mol. The van der Waals surface area contributed by atoms with Gasteiger partial charge in [-0.15, -0.1) is 0 Å². The molecule has 134 valence electrons. The number of aromatic amines is 1. The molecule has 0 radical (unpaired) electrons. The first-order valence-electron chi connectivity index (χ1n) is 7.97. The minimum absolute atomic E-state index is 0.138. The molecule has 1 aromatic heterocycles. The van der Waals surface area contributed by atoms with Gasteiger partial charge in [0.2, 0.25) is 0 Å². The van der Waals surface area contributed by atoms with Gasteiger partial charge in [-0.2, -0.15) is 0 Å². The molecule has 3 aromatic rings. The van der Waals surface area contributed by atoms with E-state index in [-0.39, 0.29) is 24.6 Å². The first-order chi connectivity index (χ1) is 12.4. The third-order valence-electron chi connectivity index (χ3n) is 3.84. The fourth-order valence-corrected chi connectivity index (χ4v) is 2.58. The largest absolute Gasteiger partial charge is 0.482 e. The summed E-state index contributed by atoms with van der Waals surface area (Å²) in [5.74, 6) is 0.245. The second kappa shape index (κ2) is 7.58. The van der Waals surface area contributed by atoms with Crippen LogP contribution in [0.5, 0.6) is 5.75 Å². The van der Waals surface area contributed by atoms with E-state index in [0.717, 1.165) is 11.1 Å². The summed E-state index contributed by atoms with van der Waals surface area (Å²) >= 11 is 5.94. The van der Waals surface area contributed by atoms with Gasteiger partial charge in [-0.1, -0.05) is 23.7 Å². The number of aryl methyl sites for hydroxylation is 2. The van der Waals surface area contributed by atoms with E-state index in [4.69, 9.17) is 21.1 Å². The molecule has 26 heavy (non-hydrogen) atoms. The maximum absolute atomic E-state index is 12.1. The molecule has 0 spiro atoms. The molecule has 0 unspecified atom stereocenters. The first kappa shape index (κ1) is 17.9. The van der Waals surface area contributed by atoms with Gasteiger partial charge in [0, 0.05) is 5.02 Å². The lowest BCUT2D eigenvalue weighted by Gasteiger charge is -2.09. The lowest BCUT2D eigenvalue weighted by Crippen LogP contribution is -2.18. The number of aromatic nitrogens is 2. The number of nitrogens with zero attached hydrogens (tertiary/aromatic N) is 1. The van der Waals surface area contributed by atoms with Gasteiger partial charge in [-0.05, 0) is 49.2 Å². The average molecular weight is 373 g/mol. The van der Waals surface area contributed by atoms with E-state index in [2.05, 4.69) is 9.97 Å². The highest BCUT2D eigenvalue weighted by Gasteiger charge is 2.10. The lowest BCUT2D eigenvalue weighted by molar-refractivity contribution is -0.147. The predicted octanol–water partition coefficient (Wildman–Crippen LogP) is 3.32. The number of carbonyl (C=O) groups excluding carboxylic acids is 1. The molecule has 0 fully saturated rings. The number of esters is 1. The molecule has 0 aliphatic heterocycles. The number of rotatable bonds is 5. The van der Waals surface area contributed by atoms with Crippen molar-refractivity contribution >= 4 is 28.5 Å². The van der Waals surface area contributed by atoms with Crippen molar-refractivity contribution in [3.63, 3.8) is 0 Å². The number of H-pyrrole nitrogens is 1. The number of benzene rings is 2. The van der Waals surface area contributed by atoms with Crippen LogP contribution in [0.15, 0.2) is 41.2 Å². The summed E-state index contributed by atoms with van der Waals surface area (Å²) in [5.41, 5.74) is 2.06. The van der Waals surface area contributed by atoms with Crippen LogP contribution in [-0.4, -0.2) is 22.5 Å². The van der Waals surface area contributed by atoms with Crippen molar-refractivity contribution in [2.75, 3.05) is 6.61 Å². The summed E-state index contributed by atoms with van der Waals surface area (Å²) in [6.45, 7) is 3.32. The Morgan fingerprint density at radius 2 is 2.00 bits per heavy atom. The van der Waals surface area contributed by atoms with Crippen molar-refractivity contribution in [1.82, 2.24) is 9.97 Å². The molecule has 7 heteroatoms. The Kier molecular flexibility index (Phi) is 5.23. The average Bonchev–Trinajstić information content (AvgIpc) is 2.62. The summed E-state index contributed by atoms with van der Waals surface area (Å²) in [6, 6.07) is 10.5. The van der Waals surface area contributed by atoms with Crippen LogP contribution in [0.2, 0.25) is 5.02 Å². The molecule has 0 saturated heterocycles. The Morgan fingerprint density at radius 3 is 2.77 bits per heavy atom. The standard InChI is InChI=1S/C19H17ClN2O4/c1-11-4-3-5-14-18(11)21-16(22-19(14)24)9-26-17(23)10-25-13-6-7-15(20)12(2)8-13/h3-8H,9-10H2,1-2H3,(H,21,22,24). The van der Waals surface area contributed by atoms with Gasteiger partial charge in [0.1, 0.15) is 18.2 Å². The summed E-state index contributed by atoms with van der Waals surface area (Å²) in [6.07, 6.45) is 0. The number of fused-ring (bicyclic) bond motifs is 1. The zero-order valence-electron chi connectivity index (χ0n) is 14.3. The molecule has 6 nitrogen and oxygen atoms in total. The Balaban J connectivity index is 1.62. The van der Waals surface area contributed by atoms with Crippen molar-refractivity contribution in [2.24, 2.45) is 0 Å². The fraction of sp³-hybridized carbons (Fsp3) is 0.211. The molecule has 0 amide bonds. The maximum atomic E-state index is 12.1. The highest BCUT2D eigenvalue weighted by molar-refractivity contribution is 6.31. The van der Waals surface area contributed by atoms with Gasteiger partial charge in [-0.3, -0.25) is 4.79 Å². The third-order valence-corrected chi connectivity index (χ3v) is 4.27. The van der Waals surface area contributed by atoms with E-state index >= 15 is 0 Å². The van der Waals surface area contributed by atoms with Crippen LogP contribution in [0.4, 0.5) is 0 Å². The van der Waals surface area contributed by atoms with E-state index in [1.807, 2.05) is 19.9 Å². The van der Waals surface area contributed by atoms with E-state index in [0.29, 0.717) is 21.7 Å². The molecular weight excluding hydrogens is 356 g/mol. The summed E-state index contributed by atoms with van der Waals surface area (Å²) in [7, 11) is 0. The van der Waals surface area contributed by atoms with E-state index in [1.54, 1.807) is 30.3 Å². The van der Waals surface area contributed by atoms with Gasteiger partial charge in [0.15, 0.2) is 6.61 Å². The highest BCUT2D eigenvalue weighted by Crippen LogP contribution is 2.21. The molecule has 0 saturated carbocycles. The van der Waals surface area contributed by atoms with Crippen molar-refractivity contribution in [3.8, 4) is 5.75 Å². The van der Waals surface area contributed by atoms with Gasteiger partial charge in [-0.25, -0.2) is 9.78 Å². The van der Waals surface area contributed by atoms with Gasteiger partial charge in [0.25, 0.3) is 5.56 Å². The van der Waals surface area contributed by atoms with Crippen LogP contribution in [0, 0.1) is 13.8 Å². The lowest BCUT2D eigenvalue weighted by atomic mass is 10.1. The van der Waals surface area contributed by atoms with Crippen LogP contribution in [-0.2, 0) is 16.1 Å². The quantitative estimate of drug-likeness (QED) is 0.695. The van der Waals surface area contributed by atoms with Crippen molar-refractivity contribution in [3.05, 3.63) is 68.7 Å². The van der Waals surface area contributed by atoms with Crippen molar-refractivity contribution in [2.45, 2.75) is 20.5 Å². The van der Waals surface area contributed by atoms with Crippen LogP contribution < -0.4 is 10.3 Å². The Labute approximate surface area is 154 Å². The summed E-state index contributed by atoms with van der Waals surface area (Å²) in [5, 5.41) is 1.13. The molecule has 0 aliphatic carbocycles. The minimum Gasteiger partial charge on any atom is -0.482 e. The Hall–Kier alpha value is -2.86. The van der Waals surface area contributed by atoms with E-state index in [9.17, 15) is 9.59 Å². The van der Waals surface area contributed by atoms with Crippen LogP contribution in [0.3, 0.4) is 0 Å².